The molecule has 2 aromatic heterocycles. The first-order valence-electron chi connectivity index (χ1n) is 8.45. The average molecular weight is 354 g/mol. The zero-order valence-electron chi connectivity index (χ0n) is 14.9. The molecular formula is C18H22N6O2. The highest BCUT2D eigenvalue weighted by Crippen LogP contribution is 2.22. The molecule has 8 nitrogen and oxygen atoms in total. The van der Waals surface area contributed by atoms with Gasteiger partial charge in [-0.1, -0.05) is 17.3 Å². The molecule has 136 valence electrons. The third-order valence-electron chi connectivity index (χ3n) is 4.07. The van der Waals surface area contributed by atoms with Gasteiger partial charge in [0.15, 0.2) is 5.69 Å². The van der Waals surface area contributed by atoms with Crippen molar-refractivity contribution in [3.63, 3.8) is 0 Å². The van der Waals surface area contributed by atoms with E-state index in [-0.39, 0.29) is 5.91 Å². The molecule has 0 fully saturated rings. The predicted octanol–water partition coefficient (Wildman–Crippen LogP) is 1.09. The molecule has 0 radical (unpaired) electrons. The summed E-state index contributed by atoms with van der Waals surface area (Å²) in [5, 5.41) is 16.3. The van der Waals surface area contributed by atoms with Gasteiger partial charge in [-0.05, 0) is 19.1 Å². The monoisotopic (exact) mass is 354 g/mol. The smallest absolute Gasteiger partial charge is 0.273 e. The Bertz CT molecular complexity index is 887. The number of rotatable bonds is 8. The van der Waals surface area contributed by atoms with Crippen molar-refractivity contribution < 1.29 is 9.53 Å². The quantitative estimate of drug-likeness (QED) is 0.588. The van der Waals surface area contributed by atoms with E-state index in [2.05, 4.69) is 25.9 Å². The van der Waals surface area contributed by atoms with E-state index in [1.165, 1.54) is 0 Å². The van der Waals surface area contributed by atoms with E-state index < -0.39 is 0 Å². The second kappa shape index (κ2) is 8.50. The minimum atomic E-state index is -0.232. The summed E-state index contributed by atoms with van der Waals surface area (Å²) in [5.41, 5.74) is 1.89. The first-order chi connectivity index (χ1) is 12.7. The fourth-order valence-electron chi connectivity index (χ4n) is 2.71. The van der Waals surface area contributed by atoms with Gasteiger partial charge in [-0.25, -0.2) is 4.68 Å². The van der Waals surface area contributed by atoms with Crippen LogP contribution >= 0.6 is 0 Å². The van der Waals surface area contributed by atoms with Crippen LogP contribution in [0.4, 0.5) is 0 Å². The van der Waals surface area contributed by atoms with E-state index in [9.17, 15) is 4.79 Å². The molecule has 0 spiro atoms. The summed E-state index contributed by atoms with van der Waals surface area (Å²) in [7, 11) is 1.65. The van der Waals surface area contributed by atoms with Crippen LogP contribution in [0.2, 0.25) is 0 Å². The van der Waals surface area contributed by atoms with E-state index >= 15 is 0 Å². The number of aromatic nitrogens is 4. The third kappa shape index (κ3) is 3.87. The molecule has 0 aliphatic heterocycles. The van der Waals surface area contributed by atoms with Crippen molar-refractivity contribution in [1.29, 1.82) is 0 Å². The maximum atomic E-state index is 12.4. The Morgan fingerprint density at radius 3 is 2.96 bits per heavy atom. The van der Waals surface area contributed by atoms with Crippen molar-refractivity contribution in [2.75, 3.05) is 33.4 Å². The Morgan fingerprint density at radius 2 is 2.12 bits per heavy atom. The van der Waals surface area contributed by atoms with Crippen LogP contribution in [0.5, 0.6) is 0 Å². The van der Waals surface area contributed by atoms with Gasteiger partial charge in [-0.2, -0.15) is 0 Å². The molecule has 0 saturated heterocycles. The lowest BCUT2D eigenvalue weighted by atomic mass is 10.1. The number of carbonyl (C=O) groups is 1. The van der Waals surface area contributed by atoms with Crippen LogP contribution in [0.3, 0.4) is 0 Å². The number of hydrogen-bond acceptors (Lipinski definition) is 6. The second-order valence-electron chi connectivity index (χ2n) is 5.81. The minimum Gasteiger partial charge on any atom is -0.383 e. The van der Waals surface area contributed by atoms with Crippen molar-refractivity contribution in [2.45, 2.75) is 6.92 Å². The zero-order valence-corrected chi connectivity index (χ0v) is 14.9. The summed E-state index contributed by atoms with van der Waals surface area (Å²) in [4.78, 5) is 16.5. The van der Waals surface area contributed by atoms with Crippen molar-refractivity contribution in [3.05, 3.63) is 48.0 Å². The number of pyridine rings is 1. The molecule has 2 heterocycles. The number of methoxy groups -OCH3 is 1. The third-order valence-corrected chi connectivity index (χ3v) is 4.07. The lowest BCUT2D eigenvalue weighted by Crippen LogP contribution is -2.33. The van der Waals surface area contributed by atoms with Gasteiger partial charge in [0.1, 0.15) is 0 Å². The SMILES string of the molecule is COCCNCCNC(=O)c1nnn(-c2cccc3cnccc23)c1C. The standard InChI is InChI=1S/C18H22N6O2/c1-13-17(18(25)21-9-8-19-10-11-26-2)22-23-24(13)16-5-3-4-14-12-20-7-6-15(14)16/h3-7,12,19H,8-11H2,1-2H3,(H,21,25). The van der Waals surface area contributed by atoms with Crippen molar-refractivity contribution >= 4 is 16.7 Å². The van der Waals surface area contributed by atoms with Crippen LogP contribution in [0.25, 0.3) is 16.5 Å². The van der Waals surface area contributed by atoms with Gasteiger partial charge >= 0.3 is 0 Å². The van der Waals surface area contributed by atoms with Gasteiger partial charge in [-0.3, -0.25) is 9.78 Å². The number of fused-ring (bicyclic) bond motifs is 1. The molecule has 0 unspecified atom stereocenters. The lowest BCUT2D eigenvalue weighted by Gasteiger charge is -2.08. The molecule has 3 rings (SSSR count). The second-order valence-corrected chi connectivity index (χ2v) is 5.81. The largest absolute Gasteiger partial charge is 0.383 e. The molecule has 1 amide bonds. The number of carbonyl (C=O) groups excluding carboxylic acids is 1. The summed E-state index contributed by atoms with van der Waals surface area (Å²) < 4.78 is 6.64. The van der Waals surface area contributed by atoms with Gasteiger partial charge in [0.25, 0.3) is 5.91 Å². The van der Waals surface area contributed by atoms with Gasteiger partial charge in [0, 0.05) is 49.9 Å². The van der Waals surface area contributed by atoms with Gasteiger partial charge in [-0.15, -0.1) is 5.10 Å². The molecule has 0 bridgehead atoms. The van der Waals surface area contributed by atoms with Crippen LogP contribution in [0, 0.1) is 6.92 Å². The molecule has 26 heavy (non-hydrogen) atoms. The number of benzene rings is 1. The van der Waals surface area contributed by atoms with Crippen molar-refractivity contribution in [2.24, 2.45) is 0 Å². The van der Waals surface area contributed by atoms with Crippen molar-refractivity contribution in [3.8, 4) is 5.69 Å². The molecule has 0 saturated carbocycles. The fraction of sp³-hybridized carbons (Fsp3) is 0.333. The average Bonchev–Trinajstić information content (AvgIpc) is 3.05. The van der Waals surface area contributed by atoms with E-state index in [4.69, 9.17) is 4.74 Å². The number of nitrogens with zero attached hydrogens (tertiary/aromatic N) is 4. The highest BCUT2D eigenvalue weighted by Gasteiger charge is 2.17. The van der Waals surface area contributed by atoms with E-state index in [1.807, 2.05) is 31.2 Å². The van der Waals surface area contributed by atoms with Crippen molar-refractivity contribution in [1.82, 2.24) is 30.6 Å². The molecule has 0 aliphatic carbocycles. The summed E-state index contributed by atoms with van der Waals surface area (Å²) in [6.45, 7) is 4.40. The van der Waals surface area contributed by atoms with Crippen LogP contribution in [0.15, 0.2) is 36.7 Å². The Kier molecular flexibility index (Phi) is 5.88. The molecule has 3 aromatic rings. The molecule has 1 aromatic carbocycles. The minimum absolute atomic E-state index is 0.232. The Labute approximate surface area is 151 Å². The van der Waals surface area contributed by atoms with E-state index in [1.54, 1.807) is 24.2 Å². The number of amides is 1. The summed E-state index contributed by atoms with van der Waals surface area (Å²) in [6.07, 6.45) is 3.54. The maximum absolute atomic E-state index is 12.4. The summed E-state index contributed by atoms with van der Waals surface area (Å²) >= 11 is 0. The van der Waals surface area contributed by atoms with Crippen LogP contribution < -0.4 is 10.6 Å². The van der Waals surface area contributed by atoms with Gasteiger partial charge in [0.2, 0.25) is 0 Å². The Hall–Kier alpha value is -2.84. The van der Waals surface area contributed by atoms with Gasteiger partial charge in [0.05, 0.1) is 18.0 Å². The van der Waals surface area contributed by atoms with E-state index in [0.29, 0.717) is 31.1 Å². The normalized spacial score (nSPS) is 11.0. The highest BCUT2D eigenvalue weighted by atomic mass is 16.5. The molecular weight excluding hydrogens is 332 g/mol. The van der Waals surface area contributed by atoms with E-state index in [0.717, 1.165) is 23.0 Å². The number of hydrogen-bond donors (Lipinski definition) is 2. The lowest BCUT2D eigenvalue weighted by molar-refractivity contribution is 0.0948. The summed E-state index contributed by atoms with van der Waals surface area (Å²) in [6, 6.07) is 7.80. The van der Waals surface area contributed by atoms with Gasteiger partial charge < -0.3 is 15.4 Å². The fourth-order valence-corrected chi connectivity index (χ4v) is 2.71. The zero-order chi connectivity index (χ0) is 18.4. The van der Waals surface area contributed by atoms with Crippen LogP contribution in [-0.4, -0.2) is 59.2 Å². The van der Waals surface area contributed by atoms with Crippen LogP contribution in [-0.2, 0) is 4.74 Å². The molecule has 8 heteroatoms. The highest BCUT2D eigenvalue weighted by molar-refractivity contribution is 5.94. The topological polar surface area (TPSA) is 94.0 Å². The number of ether oxygens (including phenoxy) is 1. The predicted molar refractivity (Wildman–Crippen MR) is 98.5 cm³/mol. The Morgan fingerprint density at radius 1 is 1.23 bits per heavy atom. The Balaban J connectivity index is 1.72. The molecule has 0 aliphatic rings. The molecule has 0 atom stereocenters. The number of nitrogens with one attached hydrogen (secondary N) is 2. The van der Waals surface area contributed by atoms with Crippen LogP contribution in [0.1, 0.15) is 16.2 Å². The molecule has 2 N–H and O–H groups in total. The first-order valence-corrected chi connectivity index (χ1v) is 8.45. The first kappa shape index (κ1) is 18.0. The summed E-state index contributed by atoms with van der Waals surface area (Å²) in [5.74, 6) is -0.232. The maximum Gasteiger partial charge on any atom is 0.273 e.